The fraction of sp³-hybridized carbons (Fsp3) is 0.963. The Morgan fingerprint density at radius 1 is 0.342 bits per heavy atom. The zero-order chi connectivity index (χ0) is 27.6. The van der Waals surface area contributed by atoms with Crippen LogP contribution in [0.3, 0.4) is 0 Å². The van der Waals surface area contributed by atoms with E-state index in [-0.39, 0.29) is 0 Å². The monoisotopic (exact) mass is 555 g/mol. The van der Waals surface area contributed by atoms with Crippen molar-refractivity contribution in [1.82, 2.24) is 0 Å². The summed E-state index contributed by atoms with van der Waals surface area (Å²) in [4.78, 5) is 0. The average molecular weight is 556 g/mol. The molecule has 1 radical (unpaired) electrons. The van der Waals surface area contributed by atoms with Gasteiger partial charge in [-0.05, 0) is 26.7 Å². The van der Waals surface area contributed by atoms with E-state index in [0.29, 0.717) is 139 Å². The molecule has 0 N–H and O–H groups in total. The number of hydrogen-bond donors (Lipinski definition) is 0. The molecule has 0 fully saturated rings. The van der Waals surface area contributed by atoms with Crippen LogP contribution in [0.15, 0.2) is 0 Å². The smallest absolute Gasteiger partial charge is 0.0701 e. The van der Waals surface area contributed by atoms with Gasteiger partial charge in [-0.2, -0.15) is 0 Å². The summed E-state index contributed by atoms with van der Waals surface area (Å²) in [7, 11) is 1.65. The Morgan fingerprint density at radius 3 is 0.974 bits per heavy atom. The first-order chi connectivity index (χ1) is 18.8. The number of ether oxygens (including phenoxy) is 11. The molecule has 229 valence electrons. The van der Waals surface area contributed by atoms with Gasteiger partial charge in [0.25, 0.3) is 0 Å². The highest BCUT2D eigenvalue weighted by molar-refractivity contribution is 4.89. The maximum atomic E-state index is 5.82. The molecule has 0 heterocycles. The number of rotatable bonds is 34. The van der Waals surface area contributed by atoms with Crippen molar-refractivity contribution in [3.63, 3.8) is 0 Å². The second kappa shape index (κ2) is 34.6. The lowest BCUT2D eigenvalue weighted by Gasteiger charge is -2.17. The first-order valence-electron chi connectivity index (χ1n) is 13.9. The average Bonchev–Trinajstić information content (AvgIpc) is 2.93. The molecule has 0 atom stereocenters. The topological polar surface area (TPSA) is 102 Å². The van der Waals surface area contributed by atoms with Crippen LogP contribution in [-0.2, 0) is 52.1 Å². The van der Waals surface area contributed by atoms with E-state index < -0.39 is 0 Å². The fourth-order valence-electron chi connectivity index (χ4n) is 2.89. The van der Waals surface area contributed by atoms with E-state index in [4.69, 9.17) is 52.1 Å². The molecule has 0 saturated heterocycles. The van der Waals surface area contributed by atoms with Crippen LogP contribution >= 0.6 is 0 Å². The molecule has 0 bridgehead atoms. The fourth-order valence-corrected chi connectivity index (χ4v) is 2.89. The van der Waals surface area contributed by atoms with E-state index in [2.05, 4.69) is 0 Å². The Morgan fingerprint density at radius 2 is 0.632 bits per heavy atom. The predicted molar refractivity (Wildman–Crippen MR) is 144 cm³/mol. The molecule has 0 aliphatic heterocycles. The van der Waals surface area contributed by atoms with E-state index in [1.54, 1.807) is 7.11 Å². The third-order valence-electron chi connectivity index (χ3n) is 4.95. The highest BCUT2D eigenvalue weighted by Crippen LogP contribution is 2.13. The first-order valence-corrected chi connectivity index (χ1v) is 13.9. The van der Waals surface area contributed by atoms with Crippen LogP contribution in [-0.4, -0.2) is 146 Å². The summed E-state index contributed by atoms with van der Waals surface area (Å²) in [5, 5.41) is 0. The largest absolute Gasteiger partial charge is 0.382 e. The molecule has 0 aliphatic rings. The predicted octanol–water partition coefficient (Wildman–Crippen LogP) is 2.19. The van der Waals surface area contributed by atoms with Crippen molar-refractivity contribution in [3.05, 3.63) is 5.92 Å². The third-order valence-corrected chi connectivity index (χ3v) is 4.95. The molecular formula is C27H55O11. The van der Waals surface area contributed by atoms with E-state index in [9.17, 15) is 0 Å². The van der Waals surface area contributed by atoms with Crippen molar-refractivity contribution in [2.75, 3.05) is 146 Å². The quantitative estimate of drug-likeness (QED) is 0.109. The molecule has 0 aromatic rings. The highest BCUT2D eigenvalue weighted by atomic mass is 16.6. The van der Waals surface area contributed by atoms with E-state index in [0.717, 1.165) is 12.8 Å². The summed E-state index contributed by atoms with van der Waals surface area (Å²) >= 11 is 0. The molecule has 0 aromatic heterocycles. The molecule has 0 amide bonds. The zero-order valence-corrected chi connectivity index (χ0v) is 24.3. The summed E-state index contributed by atoms with van der Waals surface area (Å²) in [6.07, 6.45) is 1.62. The van der Waals surface area contributed by atoms with Gasteiger partial charge in [0.1, 0.15) is 0 Å². The van der Waals surface area contributed by atoms with Crippen LogP contribution in [0, 0.1) is 5.92 Å². The van der Waals surface area contributed by atoms with E-state index >= 15 is 0 Å². The zero-order valence-electron chi connectivity index (χ0n) is 24.3. The van der Waals surface area contributed by atoms with E-state index in [1.807, 2.05) is 13.8 Å². The molecule has 11 nitrogen and oxygen atoms in total. The van der Waals surface area contributed by atoms with Gasteiger partial charge in [0, 0.05) is 39.5 Å². The molecule has 0 saturated carbocycles. The summed E-state index contributed by atoms with van der Waals surface area (Å²) in [6.45, 7) is 16.2. The van der Waals surface area contributed by atoms with Crippen molar-refractivity contribution in [3.8, 4) is 0 Å². The van der Waals surface area contributed by atoms with Gasteiger partial charge in [0.05, 0.1) is 112 Å². The molecule has 11 heteroatoms. The molecule has 38 heavy (non-hydrogen) atoms. The Hall–Kier alpha value is -0.440. The number of hydrogen-bond acceptors (Lipinski definition) is 11. The van der Waals surface area contributed by atoms with Crippen molar-refractivity contribution in [2.45, 2.75) is 26.7 Å². The normalized spacial score (nSPS) is 11.7. The maximum absolute atomic E-state index is 5.82. The SMILES string of the molecule is CCOCCOCCOCCOC[C](CCOCCOCCOCC)CCOCCOCCOCCOC. The van der Waals surface area contributed by atoms with Crippen molar-refractivity contribution >= 4 is 0 Å². The van der Waals surface area contributed by atoms with Crippen molar-refractivity contribution < 1.29 is 52.1 Å². The molecule has 0 spiro atoms. The van der Waals surface area contributed by atoms with Gasteiger partial charge >= 0.3 is 0 Å². The number of methoxy groups -OCH3 is 1. The van der Waals surface area contributed by atoms with Gasteiger partial charge in [-0.3, -0.25) is 0 Å². The van der Waals surface area contributed by atoms with Gasteiger partial charge in [-0.15, -0.1) is 0 Å². The Kier molecular flexibility index (Phi) is 34.2. The lowest BCUT2D eigenvalue weighted by molar-refractivity contribution is -0.00362. The first kappa shape index (κ1) is 37.6. The van der Waals surface area contributed by atoms with Crippen molar-refractivity contribution in [1.29, 1.82) is 0 Å². The minimum atomic E-state index is 0.526. The minimum Gasteiger partial charge on any atom is -0.382 e. The van der Waals surface area contributed by atoms with Crippen LogP contribution in [0.25, 0.3) is 0 Å². The summed E-state index contributed by atoms with van der Waals surface area (Å²) in [5.41, 5.74) is 0. The lowest BCUT2D eigenvalue weighted by Crippen LogP contribution is -2.17. The van der Waals surface area contributed by atoms with Crippen LogP contribution in [0.5, 0.6) is 0 Å². The van der Waals surface area contributed by atoms with Gasteiger partial charge in [0.15, 0.2) is 0 Å². The standard InChI is InChI=1S/C27H55O11/c1-4-29-12-14-34-18-16-31-8-6-27(7-9-32-17-19-36-21-20-33-11-10-28-3)26-38-25-24-37-23-22-35-15-13-30-5-2/h4-26H2,1-3H3. The Bertz CT molecular complexity index is 392. The van der Waals surface area contributed by atoms with Crippen LogP contribution in [0.1, 0.15) is 26.7 Å². The molecule has 0 aromatic carbocycles. The molecular weight excluding hydrogens is 500 g/mol. The third kappa shape index (κ3) is 31.8. The molecule has 0 aliphatic carbocycles. The Labute approximate surface area is 230 Å². The summed E-state index contributed by atoms with van der Waals surface area (Å²) < 4.78 is 60.0. The minimum absolute atomic E-state index is 0.526. The lowest BCUT2D eigenvalue weighted by atomic mass is 10.0. The summed E-state index contributed by atoms with van der Waals surface area (Å²) in [6, 6.07) is 0. The maximum Gasteiger partial charge on any atom is 0.0701 e. The van der Waals surface area contributed by atoms with Crippen molar-refractivity contribution in [2.24, 2.45) is 0 Å². The highest BCUT2D eigenvalue weighted by Gasteiger charge is 2.10. The molecule has 0 unspecified atom stereocenters. The van der Waals surface area contributed by atoms with E-state index in [1.165, 1.54) is 5.92 Å². The van der Waals surface area contributed by atoms with Crippen LogP contribution < -0.4 is 0 Å². The second-order valence-electron chi connectivity index (χ2n) is 7.98. The summed E-state index contributed by atoms with van der Waals surface area (Å²) in [5.74, 6) is 1.24. The van der Waals surface area contributed by atoms with Crippen LogP contribution in [0.4, 0.5) is 0 Å². The van der Waals surface area contributed by atoms with Crippen LogP contribution in [0.2, 0.25) is 0 Å². The van der Waals surface area contributed by atoms with Gasteiger partial charge in [-0.1, -0.05) is 0 Å². The van der Waals surface area contributed by atoms with Gasteiger partial charge in [-0.25, -0.2) is 0 Å². The Balaban J connectivity index is 3.86. The van der Waals surface area contributed by atoms with Gasteiger partial charge in [0.2, 0.25) is 0 Å². The molecule has 0 rings (SSSR count). The second-order valence-corrected chi connectivity index (χ2v) is 7.98. The van der Waals surface area contributed by atoms with Gasteiger partial charge < -0.3 is 52.1 Å².